The Morgan fingerprint density at radius 1 is 1.20 bits per heavy atom. The molecular formula is C12H12F3NO4. The fraction of sp³-hybridized carbons (Fsp3) is 0.333. The molecule has 0 heterocycles. The average molecular weight is 291 g/mol. The van der Waals surface area contributed by atoms with Gasteiger partial charge in [-0.2, -0.15) is 13.2 Å². The molecule has 1 aromatic carbocycles. The quantitative estimate of drug-likeness (QED) is 0.768. The molecule has 0 amide bonds. The molecule has 5 nitrogen and oxygen atoms in total. The summed E-state index contributed by atoms with van der Waals surface area (Å²) in [7, 11) is 0. The lowest BCUT2D eigenvalue weighted by Crippen LogP contribution is -2.34. The third-order valence-corrected chi connectivity index (χ3v) is 2.85. The highest BCUT2D eigenvalue weighted by Crippen LogP contribution is 2.49. The Hall–Kier alpha value is -2.09. The SMILES string of the molecule is N[C@@]1(C(=O)O)C[C@@H]1c1ccccc1.O=C(O)C(F)(F)F. The van der Waals surface area contributed by atoms with Gasteiger partial charge in [-0.15, -0.1) is 0 Å². The first-order valence-electron chi connectivity index (χ1n) is 5.46. The minimum absolute atomic E-state index is 0.00815. The molecule has 20 heavy (non-hydrogen) atoms. The van der Waals surface area contributed by atoms with Gasteiger partial charge in [0.05, 0.1) is 0 Å². The van der Waals surface area contributed by atoms with Crippen LogP contribution in [0.4, 0.5) is 13.2 Å². The van der Waals surface area contributed by atoms with Crippen molar-refractivity contribution in [2.45, 2.75) is 24.1 Å². The van der Waals surface area contributed by atoms with E-state index >= 15 is 0 Å². The first-order chi connectivity index (χ1) is 9.09. The molecule has 2 rings (SSSR count). The van der Waals surface area contributed by atoms with Crippen LogP contribution in [0.2, 0.25) is 0 Å². The fourth-order valence-corrected chi connectivity index (χ4v) is 1.62. The van der Waals surface area contributed by atoms with Crippen LogP contribution in [0, 0.1) is 0 Å². The molecule has 1 aliphatic rings. The second-order valence-electron chi connectivity index (χ2n) is 4.32. The van der Waals surface area contributed by atoms with Crippen molar-refractivity contribution in [1.82, 2.24) is 0 Å². The second-order valence-corrected chi connectivity index (χ2v) is 4.32. The summed E-state index contributed by atoms with van der Waals surface area (Å²) in [6.07, 6.45) is -4.54. The normalized spacial score (nSPS) is 24.3. The Morgan fingerprint density at radius 3 is 1.95 bits per heavy atom. The summed E-state index contributed by atoms with van der Waals surface area (Å²) >= 11 is 0. The predicted octanol–water partition coefficient (Wildman–Crippen LogP) is 1.59. The van der Waals surface area contributed by atoms with E-state index in [1.807, 2.05) is 30.3 Å². The van der Waals surface area contributed by atoms with Crippen molar-refractivity contribution in [3.05, 3.63) is 35.9 Å². The number of halogens is 3. The summed E-state index contributed by atoms with van der Waals surface area (Å²) in [5.74, 6) is -3.67. The highest BCUT2D eigenvalue weighted by molar-refractivity contribution is 5.84. The van der Waals surface area contributed by atoms with E-state index in [1.165, 1.54) is 0 Å². The lowest BCUT2D eigenvalue weighted by atomic mass is 10.1. The van der Waals surface area contributed by atoms with Crippen molar-refractivity contribution in [2.75, 3.05) is 0 Å². The molecule has 1 fully saturated rings. The number of hydrogen-bond donors (Lipinski definition) is 3. The average Bonchev–Trinajstić information content (AvgIpc) is 3.04. The zero-order chi connectivity index (χ0) is 15.6. The smallest absolute Gasteiger partial charge is 0.480 e. The molecule has 0 saturated heterocycles. The maximum atomic E-state index is 10.7. The number of carboxylic acid groups (broad SMARTS) is 2. The molecule has 0 spiro atoms. The van der Waals surface area contributed by atoms with Gasteiger partial charge in [-0.25, -0.2) is 4.79 Å². The van der Waals surface area contributed by atoms with Gasteiger partial charge in [0.2, 0.25) is 0 Å². The third kappa shape index (κ3) is 3.70. The summed E-state index contributed by atoms with van der Waals surface area (Å²) in [4.78, 5) is 19.6. The van der Waals surface area contributed by atoms with E-state index in [-0.39, 0.29) is 5.92 Å². The first-order valence-corrected chi connectivity index (χ1v) is 5.46. The van der Waals surface area contributed by atoms with Gasteiger partial charge in [0.1, 0.15) is 5.54 Å². The van der Waals surface area contributed by atoms with Crippen LogP contribution in [0.15, 0.2) is 30.3 Å². The van der Waals surface area contributed by atoms with Crippen LogP contribution in [0.5, 0.6) is 0 Å². The molecule has 0 aliphatic heterocycles. The number of benzene rings is 1. The van der Waals surface area contributed by atoms with E-state index < -0.39 is 23.7 Å². The summed E-state index contributed by atoms with van der Waals surface area (Å²) in [5, 5.41) is 15.9. The van der Waals surface area contributed by atoms with Crippen LogP contribution in [-0.4, -0.2) is 33.9 Å². The van der Waals surface area contributed by atoms with Gasteiger partial charge in [0.15, 0.2) is 0 Å². The highest BCUT2D eigenvalue weighted by atomic mass is 19.4. The fourth-order valence-electron chi connectivity index (χ4n) is 1.62. The van der Waals surface area contributed by atoms with Crippen LogP contribution in [0.25, 0.3) is 0 Å². The van der Waals surface area contributed by atoms with Crippen molar-refractivity contribution in [3.8, 4) is 0 Å². The molecule has 8 heteroatoms. The lowest BCUT2D eigenvalue weighted by Gasteiger charge is -2.04. The van der Waals surface area contributed by atoms with Crippen LogP contribution in [0.1, 0.15) is 17.9 Å². The standard InChI is InChI=1S/C10H11NO2.C2HF3O2/c11-10(9(12)13)6-8(10)7-4-2-1-3-5-7;3-2(4,5)1(6)7/h1-5,8H,6,11H2,(H,12,13);(H,6,7)/t8-,10+;/m1./s1. The van der Waals surface area contributed by atoms with E-state index in [2.05, 4.69) is 0 Å². The van der Waals surface area contributed by atoms with E-state index in [0.717, 1.165) is 5.56 Å². The largest absolute Gasteiger partial charge is 0.490 e. The number of rotatable bonds is 2. The Labute approximate surface area is 111 Å². The summed E-state index contributed by atoms with van der Waals surface area (Å²) in [6, 6.07) is 9.54. The van der Waals surface area contributed by atoms with E-state index in [4.69, 9.17) is 20.7 Å². The number of alkyl halides is 3. The van der Waals surface area contributed by atoms with Crippen molar-refractivity contribution >= 4 is 11.9 Å². The maximum Gasteiger partial charge on any atom is 0.490 e. The Morgan fingerprint density at radius 2 is 1.65 bits per heavy atom. The summed E-state index contributed by atoms with van der Waals surface area (Å²) < 4.78 is 31.7. The first kappa shape index (κ1) is 16.0. The summed E-state index contributed by atoms with van der Waals surface area (Å²) in [5.41, 5.74) is 5.67. The van der Waals surface area contributed by atoms with Crippen molar-refractivity contribution in [1.29, 1.82) is 0 Å². The van der Waals surface area contributed by atoms with Gasteiger partial charge in [-0.1, -0.05) is 30.3 Å². The molecule has 2 atom stereocenters. The Bertz CT molecular complexity index is 503. The number of carbonyl (C=O) groups is 2. The molecule has 1 aromatic rings. The molecule has 0 unspecified atom stereocenters. The van der Waals surface area contributed by atoms with Crippen molar-refractivity contribution in [2.24, 2.45) is 5.73 Å². The zero-order valence-corrected chi connectivity index (χ0v) is 10.1. The van der Waals surface area contributed by atoms with Gasteiger partial charge < -0.3 is 15.9 Å². The minimum atomic E-state index is -5.08. The second kappa shape index (κ2) is 5.49. The number of aliphatic carboxylic acids is 2. The molecule has 4 N–H and O–H groups in total. The maximum absolute atomic E-state index is 10.7. The number of nitrogens with two attached hydrogens (primary N) is 1. The van der Waals surface area contributed by atoms with Crippen LogP contribution < -0.4 is 5.73 Å². The topological polar surface area (TPSA) is 101 Å². The molecule has 0 bridgehead atoms. The van der Waals surface area contributed by atoms with Crippen LogP contribution >= 0.6 is 0 Å². The predicted molar refractivity (Wildman–Crippen MR) is 62.0 cm³/mol. The van der Waals surface area contributed by atoms with Gasteiger partial charge in [0, 0.05) is 5.92 Å². The van der Waals surface area contributed by atoms with E-state index in [1.54, 1.807) is 0 Å². The molecule has 1 aliphatic carbocycles. The van der Waals surface area contributed by atoms with Gasteiger partial charge in [0.25, 0.3) is 0 Å². The van der Waals surface area contributed by atoms with Crippen molar-refractivity contribution in [3.63, 3.8) is 0 Å². The Balaban J connectivity index is 0.000000246. The highest BCUT2D eigenvalue weighted by Gasteiger charge is 2.58. The van der Waals surface area contributed by atoms with Crippen LogP contribution in [0.3, 0.4) is 0 Å². The molecule has 1 saturated carbocycles. The number of carboxylic acids is 2. The summed E-state index contributed by atoms with van der Waals surface area (Å²) in [6.45, 7) is 0. The number of hydrogen-bond acceptors (Lipinski definition) is 3. The minimum Gasteiger partial charge on any atom is -0.480 e. The zero-order valence-electron chi connectivity index (χ0n) is 10.1. The molecule has 110 valence electrons. The van der Waals surface area contributed by atoms with Gasteiger partial charge in [-0.05, 0) is 12.0 Å². The van der Waals surface area contributed by atoms with Gasteiger partial charge >= 0.3 is 18.1 Å². The third-order valence-electron chi connectivity index (χ3n) is 2.85. The van der Waals surface area contributed by atoms with E-state index in [0.29, 0.717) is 6.42 Å². The monoisotopic (exact) mass is 291 g/mol. The lowest BCUT2D eigenvalue weighted by molar-refractivity contribution is -0.192. The molecule has 0 aromatic heterocycles. The Kier molecular flexibility index (Phi) is 4.39. The van der Waals surface area contributed by atoms with Gasteiger partial charge in [-0.3, -0.25) is 4.79 Å². The van der Waals surface area contributed by atoms with Crippen molar-refractivity contribution < 1.29 is 33.0 Å². The molecular weight excluding hydrogens is 279 g/mol. The molecule has 0 radical (unpaired) electrons. The van der Waals surface area contributed by atoms with E-state index in [9.17, 15) is 18.0 Å². The van der Waals surface area contributed by atoms with Crippen LogP contribution in [-0.2, 0) is 9.59 Å².